The molecule has 1 aromatic heterocycles. The van der Waals surface area contributed by atoms with E-state index in [2.05, 4.69) is 0 Å². The average molecular weight is 337 g/mol. The summed E-state index contributed by atoms with van der Waals surface area (Å²) in [5.41, 5.74) is -0.907. The smallest absolute Gasteiger partial charge is 0.345 e. The fourth-order valence-corrected chi connectivity index (χ4v) is 3.57. The van der Waals surface area contributed by atoms with Crippen molar-refractivity contribution in [3.8, 4) is 0 Å². The molecule has 0 atom stereocenters. The van der Waals surface area contributed by atoms with Crippen molar-refractivity contribution in [3.05, 3.63) is 45.9 Å². The van der Waals surface area contributed by atoms with Crippen LogP contribution in [-0.4, -0.2) is 19.5 Å². The van der Waals surface area contributed by atoms with Gasteiger partial charge in [-0.3, -0.25) is 4.72 Å². The van der Waals surface area contributed by atoms with E-state index >= 15 is 0 Å². The number of aromatic carboxylic acids is 1. The quantitative estimate of drug-likeness (QED) is 0.840. The summed E-state index contributed by atoms with van der Waals surface area (Å²) in [5, 5.41) is 9.72. The summed E-state index contributed by atoms with van der Waals surface area (Å²) < 4.78 is 64.9. The van der Waals surface area contributed by atoms with Gasteiger partial charge >= 0.3 is 5.97 Å². The van der Waals surface area contributed by atoms with E-state index in [0.717, 1.165) is 11.4 Å². The van der Waals surface area contributed by atoms with Gasteiger partial charge in [0.05, 0.1) is 10.6 Å². The molecule has 21 heavy (non-hydrogen) atoms. The van der Waals surface area contributed by atoms with Gasteiger partial charge in [0.2, 0.25) is 0 Å². The van der Waals surface area contributed by atoms with Crippen LogP contribution in [0.2, 0.25) is 0 Å². The van der Waals surface area contributed by atoms with Gasteiger partial charge in [0.15, 0.2) is 11.6 Å². The fourth-order valence-electron chi connectivity index (χ4n) is 1.41. The highest BCUT2D eigenvalue weighted by atomic mass is 32.2. The minimum atomic E-state index is -4.36. The number of thiophene rings is 1. The zero-order valence-electron chi connectivity index (χ0n) is 9.93. The summed E-state index contributed by atoms with van der Waals surface area (Å²) in [4.78, 5) is 9.98. The van der Waals surface area contributed by atoms with Crippen molar-refractivity contribution in [1.82, 2.24) is 0 Å². The van der Waals surface area contributed by atoms with Crippen LogP contribution in [0.4, 0.5) is 18.9 Å². The van der Waals surface area contributed by atoms with Gasteiger partial charge in [-0.05, 0) is 6.07 Å². The lowest BCUT2D eigenvalue weighted by molar-refractivity contribution is 0.0702. The normalized spacial score (nSPS) is 11.4. The molecule has 0 saturated carbocycles. The second-order valence-electron chi connectivity index (χ2n) is 3.81. The molecule has 0 bridgehead atoms. The molecule has 0 unspecified atom stereocenters. The number of nitrogens with one attached hydrogen (secondary N) is 1. The molecule has 0 aliphatic carbocycles. The minimum absolute atomic E-state index is 0.249. The van der Waals surface area contributed by atoms with Crippen molar-refractivity contribution >= 4 is 33.0 Å². The van der Waals surface area contributed by atoms with Crippen molar-refractivity contribution in [2.45, 2.75) is 4.90 Å². The van der Waals surface area contributed by atoms with Gasteiger partial charge in [-0.25, -0.2) is 26.4 Å². The largest absolute Gasteiger partial charge is 0.477 e. The first-order valence-corrected chi connectivity index (χ1v) is 7.56. The summed E-state index contributed by atoms with van der Waals surface area (Å²) in [7, 11) is -4.36. The van der Waals surface area contributed by atoms with Gasteiger partial charge < -0.3 is 5.11 Å². The number of sulfonamides is 1. The summed E-state index contributed by atoms with van der Waals surface area (Å²) in [6, 6.07) is 1.59. The molecule has 0 amide bonds. The zero-order chi connectivity index (χ0) is 15.8. The molecule has 0 fully saturated rings. The van der Waals surface area contributed by atoms with E-state index in [0.29, 0.717) is 17.4 Å². The SMILES string of the molecule is O=C(O)c1cc(S(=O)(=O)Nc2cc(F)cc(F)c2F)cs1. The molecular formula is C11H6F3NO4S2. The van der Waals surface area contributed by atoms with Crippen LogP contribution in [-0.2, 0) is 10.0 Å². The van der Waals surface area contributed by atoms with E-state index in [4.69, 9.17) is 5.11 Å². The number of rotatable bonds is 4. The second-order valence-corrected chi connectivity index (χ2v) is 6.40. The Morgan fingerprint density at radius 3 is 2.43 bits per heavy atom. The van der Waals surface area contributed by atoms with Crippen LogP contribution in [0.1, 0.15) is 9.67 Å². The Morgan fingerprint density at radius 1 is 1.19 bits per heavy atom. The van der Waals surface area contributed by atoms with Gasteiger partial charge in [0.25, 0.3) is 10.0 Å². The zero-order valence-corrected chi connectivity index (χ0v) is 11.6. The van der Waals surface area contributed by atoms with E-state index in [1.54, 1.807) is 4.72 Å². The topological polar surface area (TPSA) is 83.5 Å². The Hall–Kier alpha value is -2.07. The third-order valence-corrected chi connectivity index (χ3v) is 4.75. The van der Waals surface area contributed by atoms with Crippen LogP contribution in [0.15, 0.2) is 28.5 Å². The Bertz CT molecular complexity index is 817. The molecule has 2 rings (SSSR count). The van der Waals surface area contributed by atoms with Crippen LogP contribution in [0.3, 0.4) is 0 Å². The highest BCUT2D eigenvalue weighted by Gasteiger charge is 2.21. The van der Waals surface area contributed by atoms with E-state index in [1.165, 1.54) is 0 Å². The minimum Gasteiger partial charge on any atom is -0.477 e. The number of anilines is 1. The molecule has 1 heterocycles. The standard InChI is InChI=1S/C11H6F3NO4S2/c12-5-1-7(13)10(14)8(2-5)15-21(18,19)6-3-9(11(16)17)20-4-6/h1-4,15H,(H,16,17). The molecule has 112 valence electrons. The molecular weight excluding hydrogens is 331 g/mol. The van der Waals surface area contributed by atoms with E-state index in [9.17, 15) is 26.4 Å². The second kappa shape index (κ2) is 5.37. The molecule has 0 aliphatic rings. The maximum atomic E-state index is 13.4. The lowest BCUT2D eigenvalue weighted by atomic mass is 10.3. The predicted octanol–water partition coefficient (Wildman–Crippen LogP) is 2.66. The first-order chi connectivity index (χ1) is 9.70. The lowest BCUT2D eigenvalue weighted by Gasteiger charge is -2.08. The maximum absolute atomic E-state index is 13.4. The van der Waals surface area contributed by atoms with Gasteiger partial charge in [0, 0.05) is 17.5 Å². The van der Waals surface area contributed by atoms with Gasteiger partial charge in [-0.1, -0.05) is 0 Å². The highest BCUT2D eigenvalue weighted by Crippen LogP contribution is 2.25. The van der Waals surface area contributed by atoms with Gasteiger partial charge in [0.1, 0.15) is 10.7 Å². The third kappa shape index (κ3) is 3.16. The van der Waals surface area contributed by atoms with Gasteiger partial charge in [-0.2, -0.15) is 0 Å². The highest BCUT2D eigenvalue weighted by molar-refractivity contribution is 7.92. The lowest BCUT2D eigenvalue weighted by Crippen LogP contribution is -2.14. The van der Waals surface area contributed by atoms with Crippen molar-refractivity contribution in [2.24, 2.45) is 0 Å². The monoisotopic (exact) mass is 337 g/mol. The van der Waals surface area contributed by atoms with Crippen LogP contribution < -0.4 is 4.72 Å². The molecule has 0 spiro atoms. The van der Waals surface area contributed by atoms with Gasteiger partial charge in [-0.15, -0.1) is 11.3 Å². The molecule has 2 aromatic rings. The Labute approximate surface area is 120 Å². The fraction of sp³-hybridized carbons (Fsp3) is 0. The van der Waals surface area contributed by atoms with Crippen molar-refractivity contribution < 1.29 is 31.5 Å². The molecule has 2 N–H and O–H groups in total. The van der Waals surface area contributed by atoms with E-state index in [-0.39, 0.29) is 10.9 Å². The molecule has 0 saturated heterocycles. The van der Waals surface area contributed by atoms with Crippen LogP contribution >= 0.6 is 11.3 Å². The molecule has 10 heteroatoms. The number of carboxylic acids is 1. The Balaban J connectivity index is 2.39. The van der Waals surface area contributed by atoms with Crippen molar-refractivity contribution in [2.75, 3.05) is 4.72 Å². The Morgan fingerprint density at radius 2 is 1.86 bits per heavy atom. The first kappa shape index (κ1) is 15.3. The first-order valence-electron chi connectivity index (χ1n) is 5.20. The third-order valence-electron chi connectivity index (χ3n) is 2.33. The number of carboxylic acid groups (broad SMARTS) is 1. The van der Waals surface area contributed by atoms with E-state index < -0.39 is 44.0 Å². The van der Waals surface area contributed by atoms with Crippen LogP contribution in [0.25, 0.3) is 0 Å². The number of carbonyl (C=O) groups is 1. The number of halogens is 3. The molecule has 0 radical (unpaired) electrons. The summed E-state index contributed by atoms with van der Waals surface area (Å²) in [5.74, 6) is -5.61. The Kier molecular flexibility index (Phi) is 3.92. The maximum Gasteiger partial charge on any atom is 0.345 e. The summed E-state index contributed by atoms with van der Waals surface area (Å²) >= 11 is 0.645. The predicted molar refractivity (Wildman–Crippen MR) is 68.4 cm³/mol. The molecule has 0 aliphatic heterocycles. The summed E-state index contributed by atoms with van der Waals surface area (Å²) in [6.07, 6.45) is 0. The number of hydrogen-bond acceptors (Lipinski definition) is 4. The van der Waals surface area contributed by atoms with Crippen molar-refractivity contribution in [1.29, 1.82) is 0 Å². The average Bonchev–Trinajstić information content (AvgIpc) is 2.85. The number of benzene rings is 1. The van der Waals surface area contributed by atoms with E-state index in [1.807, 2.05) is 0 Å². The van der Waals surface area contributed by atoms with Crippen LogP contribution in [0, 0.1) is 17.5 Å². The molecule has 1 aromatic carbocycles. The summed E-state index contributed by atoms with van der Waals surface area (Å²) in [6.45, 7) is 0. The number of hydrogen-bond donors (Lipinski definition) is 2. The van der Waals surface area contributed by atoms with Crippen molar-refractivity contribution in [3.63, 3.8) is 0 Å². The molecule has 5 nitrogen and oxygen atoms in total. The van der Waals surface area contributed by atoms with Crippen LogP contribution in [0.5, 0.6) is 0 Å².